The summed E-state index contributed by atoms with van der Waals surface area (Å²) < 4.78 is 5.49. The summed E-state index contributed by atoms with van der Waals surface area (Å²) in [6, 6.07) is 0.364. The fourth-order valence-corrected chi connectivity index (χ4v) is 1.48. The minimum Gasteiger partial charge on any atom is -0.479 e. The number of rotatable bonds is 6. The van der Waals surface area contributed by atoms with E-state index in [0.717, 1.165) is 38.2 Å². The monoisotopic (exact) mass is 199 g/mol. The summed E-state index contributed by atoms with van der Waals surface area (Å²) in [7, 11) is 0. The number of nitrogens with zero attached hydrogens (tertiary/aromatic N) is 1. The first-order valence-electron chi connectivity index (χ1n) is 5.54. The Kier molecular flexibility index (Phi) is 4.94. The third-order valence-corrected chi connectivity index (χ3v) is 2.55. The second kappa shape index (κ2) is 6.02. The summed E-state index contributed by atoms with van der Waals surface area (Å²) in [6.07, 6.45) is 3.96. The quantitative estimate of drug-likeness (QED) is 0.665. The Balaban J connectivity index is 2.16. The van der Waals surface area contributed by atoms with Crippen LogP contribution in [-0.4, -0.2) is 30.3 Å². The second-order valence-corrected chi connectivity index (χ2v) is 4.18. The highest BCUT2D eigenvalue weighted by Gasteiger charge is 2.20. The highest BCUT2D eigenvalue weighted by molar-refractivity contribution is 5.77. The van der Waals surface area contributed by atoms with Gasteiger partial charge in [0, 0.05) is 13.0 Å². The zero-order chi connectivity index (χ0) is 10.4. The van der Waals surface area contributed by atoms with Crippen LogP contribution in [0.1, 0.15) is 39.5 Å². The van der Waals surface area contributed by atoms with Gasteiger partial charge in [-0.25, -0.2) is 4.99 Å². The van der Waals surface area contributed by atoms with Gasteiger partial charge in [0.15, 0.2) is 5.90 Å². The minimum absolute atomic E-state index is 0.294. The molecule has 0 aromatic heterocycles. The largest absolute Gasteiger partial charge is 0.479 e. The molecule has 0 amide bonds. The van der Waals surface area contributed by atoms with Gasteiger partial charge in [0.2, 0.25) is 0 Å². The van der Waals surface area contributed by atoms with Gasteiger partial charge >= 0.3 is 0 Å². The van der Waals surface area contributed by atoms with Crippen molar-refractivity contribution in [2.75, 3.05) is 13.2 Å². The Morgan fingerprint density at radius 1 is 1.43 bits per heavy atom. The van der Waals surface area contributed by atoms with Crippen molar-refractivity contribution in [3.63, 3.8) is 0 Å². The fourth-order valence-electron chi connectivity index (χ4n) is 1.48. The summed E-state index contributed by atoms with van der Waals surface area (Å²) in [5.74, 6) is 1.49. The summed E-state index contributed by atoms with van der Waals surface area (Å²) >= 11 is 0. The average Bonchev–Trinajstić information content (AvgIpc) is 2.61. The molecule has 0 spiro atoms. The van der Waals surface area contributed by atoms with E-state index in [-0.39, 0.29) is 0 Å². The van der Waals surface area contributed by atoms with Crippen LogP contribution >= 0.6 is 0 Å². The standard InChI is InChI=1S/C11H21NO2/c1-9(2)10-8-14-11(12-10)6-4-3-5-7-13/h9-10,13H,3-8H2,1-2H3. The van der Waals surface area contributed by atoms with E-state index in [0.29, 0.717) is 18.6 Å². The van der Waals surface area contributed by atoms with Crippen LogP contribution in [-0.2, 0) is 4.74 Å². The Bertz CT molecular complexity index is 190. The van der Waals surface area contributed by atoms with Crippen LogP contribution in [0.5, 0.6) is 0 Å². The van der Waals surface area contributed by atoms with Crippen LogP contribution in [0.4, 0.5) is 0 Å². The molecule has 0 aromatic rings. The van der Waals surface area contributed by atoms with Gasteiger partial charge < -0.3 is 9.84 Å². The first-order chi connectivity index (χ1) is 6.74. The molecule has 3 heteroatoms. The SMILES string of the molecule is CC(C)C1COC(CCCCCO)=N1. The molecular formula is C11H21NO2. The minimum atomic E-state index is 0.294. The predicted molar refractivity (Wildman–Crippen MR) is 57.6 cm³/mol. The van der Waals surface area contributed by atoms with E-state index in [1.807, 2.05) is 0 Å². The van der Waals surface area contributed by atoms with Gasteiger partial charge in [0.05, 0.1) is 6.04 Å². The maximum Gasteiger partial charge on any atom is 0.183 e. The summed E-state index contributed by atoms with van der Waals surface area (Å²) in [6.45, 7) is 5.40. The van der Waals surface area contributed by atoms with E-state index >= 15 is 0 Å². The van der Waals surface area contributed by atoms with E-state index in [1.54, 1.807) is 0 Å². The molecule has 1 unspecified atom stereocenters. The molecule has 1 N–H and O–H groups in total. The Labute approximate surface area is 86.2 Å². The molecule has 1 atom stereocenters. The van der Waals surface area contributed by atoms with Crippen molar-refractivity contribution in [1.82, 2.24) is 0 Å². The number of hydrogen-bond acceptors (Lipinski definition) is 3. The van der Waals surface area contributed by atoms with Gasteiger partial charge in [-0.2, -0.15) is 0 Å². The van der Waals surface area contributed by atoms with E-state index in [1.165, 1.54) is 0 Å². The Hall–Kier alpha value is -0.570. The first kappa shape index (κ1) is 11.5. The molecule has 0 saturated carbocycles. The molecule has 14 heavy (non-hydrogen) atoms. The molecular weight excluding hydrogens is 178 g/mol. The molecule has 1 aliphatic heterocycles. The van der Waals surface area contributed by atoms with Gasteiger partial charge in [0.1, 0.15) is 6.61 Å². The molecule has 82 valence electrons. The molecule has 1 heterocycles. The maximum atomic E-state index is 8.61. The van der Waals surface area contributed by atoms with Crippen molar-refractivity contribution in [1.29, 1.82) is 0 Å². The first-order valence-corrected chi connectivity index (χ1v) is 5.54. The van der Waals surface area contributed by atoms with Crippen LogP contribution in [0, 0.1) is 5.92 Å². The number of hydrogen-bond donors (Lipinski definition) is 1. The van der Waals surface area contributed by atoms with Gasteiger partial charge in [-0.15, -0.1) is 0 Å². The molecule has 0 radical (unpaired) electrons. The van der Waals surface area contributed by atoms with Crippen molar-refractivity contribution in [3.05, 3.63) is 0 Å². The summed E-state index contributed by atoms with van der Waals surface area (Å²) in [5, 5.41) is 8.61. The predicted octanol–water partition coefficient (Wildman–Crippen LogP) is 1.99. The van der Waals surface area contributed by atoms with Crippen molar-refractivity contribution >= 4 is 5.90 Å². The van der Waals surface area contributed by atoms with Crippen molar-refractivity contribution in [2.45, 2.75) is 45.6 Å². The molecule has 1 aliphatic rings. The number of aliphatic hydroxyl groups excluding tert-OH is 1. The number of ether oxygens (including phenoxy) is 1. The van der Waals surface area contributed by atoms with E-state index in [9.17, 15) is 0 Å². The summed E-state index contributed by atoms with van der Waals surface area (Å²) in [4.78, 5) is 4.52. The molecule has 0 fully saturated rings. The highest BCUT2D eigenvalue weighted by atomic mass is 16.5. The molecule has 0 bridgehead atoms. The molecule has 1 rings (SSSR count). The smallest absolute Gasteiger partial charge is 0.183 e. The van der Waals surface area contributed by atoms with E-state index < -0.39 is 0 Å². The van der Waals surface area contributed by atoms with Crippen LogP contribution in [0.3, 0.4) is 0 Å². The van der Waals surface area contributed by atoms with E-state index in [2.05, 4.69) is 18.8 Å². The summed E-state index contributed by atoms with van der Waals surface area (Å²) in [5.41, 5.74) is 0. The number of aliphatic imine (C=N–C) groups is 1. The maximum absolute atomic E-state index is 8.61. The molecule has 0 saturated heterocycles. The van der Waals surface area contributed by atoms with Crippen molar-refractivity contribution < 1.29 is 9.84 Å². The molecule has 0 aromatic carbocycles. The van der Waals surface area contributed by atoms with Crippen molar-refractivity contribution in [3.8, 4) is 0 Å². The Morgan fingerprint density at radius 2 is 2.21 bits per heavy atom. The van der Waals surface area contributed by atoms with Gasteiger partial charge in [0.25, 0.3) is 0 Å². The normalized spacial score (nSPS) is 21.1. The third-order valence-electron chi connectivity index (χ3n) is 2.55. The van der Waals surface area contributed by atoms with Crippen LogP contribution in [0.2, 0.25) is 0 Å². The lowest BCUT2D eigenvalue weighted by Gasteiger charge is -2.06. The molecule has 3 nitrogen and oxygen atoms in total. The second-order valence-electron chi connectivity index (χ2n) is 4.18. The number of aliphatic hydroxyl groups is 1. The average molecular weight is 199 g/mol. The Morgan fingerprint density at radius 3 is 2.79 bits per heavy atom. The van der Waals surface area contributed by atoms with E-state index in [4.69, 9.17) is 9.84 Å². The van der Waals surface area contributed by atoms with Crippen LogP contribution in [0.15, 0.2) is 4.99 Å². The third kappa shape index (κ3) is 3.66. The highest BCUT2D eigenvalue weighted by Crippen LogP contribution is 2.16. The zero-order valence-corrected chi connectivity index (χ0v) is 9.20. The van der Waals surface area contributed by atoms with Gasteiger partial charge in [-0.05, 0) is 18.8 Å². The fraction of sp³-hybridized carbons (Fsp3) is 0.909. The zero-order valence-electron chi connectivity index (χ0n) is 9.20. The lowest BCUT2D eigenvalue weighted by Crippen LogP contribution is -2.13. The van der Waals surface area contributed by atoms with Gasteiger partial charge in [-0.3, -0.25) is 0 Å². The lowest BCUT2D eigenvalue weighted by molar-refractivity contribution is 0.277. The topological polar surface area (TPSA) is 41.8 Å². The lowest BCUT2D eigenvalue weighted by atomic mass is 10.1. The number of unbranched alkanes of at least 4 members (excludes halogenated alkanes) is 2. The van der Waals surface area contributed by atoms with Crippen LogP contribution < -0.4 is 0 Å². The van der Waals surface area contributed by atoms with Crippen LogP contribution in [0.25, 0.3) is 0 Å². The molecule has 0 aliphatic carbocycles. The van der Waals surface area contributed by atoms with Crippen molar-refractivity contribution in [2.24, 2.45) is 10.9 Å². The van der Waals surface area contributed by atoms with Gasteiger partial charge in [-0.1, -0.05) is 20.3 Å².